The molecule has 0 fully saturated rings. The minimum Gasteiger partial charge on any atom is -0.481 e. The first kappa shape index (κ1) is 15.0. The lowest BCUT2D eigenvalue weighted by Gasteiger charge is -1.97. The number of hydrogen-bond acceptors (Lipinski definition) is 1. The number of carboxylic acid groups (broad SMARTS) is 1. The van der Waals surface area contributed by atoms with E-state index in [0.717, 1.165) is 12.8 Å². The fourth-order valence-electron chi connectivity index (χ4n) is 1.52. The van der Waals surface area contributed by atoms with Crippen LogP contribution in [0.4, 0.5) is 0 Å². The molecule has 0 aromatic carbocycles. The molecule has 1 N–H and O–H groups in total. The molecule has 2 nitrogen and oxygen atoms in total. The van der Waals surface area contributed by atoms with E-state index in [1.807, 2.05) is 0 Å². The van der Waals surface area contributed by atoms with Gasteiger partial charge in [-0.15, -0.1) is 11.8 Å². The van der Waals surface area contributed by atoms with Crippen molar-refractivity contribution in [2.75, 3.05) is 0 Å². The van der Waals surface area contributed by atoms with E-state index in [1.54, 1.807) is 0 Å². The first-order valence-corrected chi connectivity index (χ1v) is 6.45. The smallest absolute Gasteiger partial charge is 0.304 e. The monoisotopic (exact) mass is 224 g/mol. The van der Waals surface area contributed by atoms with Crippen molar-refractivity contribution in [2.24, 2.45) is 0 Å². The maximum absolute atomic E-state index is 10.2. The first-order chi connectivity index (χ1) is 7.77. The molecule has 0 heterocycles. The topological polar surface area (TPSA) is 37.3 Å². The third-order valence-electron chi connectivity index (χ3n) is 2.49. The summed E-state index contributed by atoms with van der Waals surface area (Å²) in [6.45, 7) is 2.23. The minimum absolute atomic E-state index is 0.171. The second-order valence-corrected chi connectivity index (χ2v) is 4.12. The third-order valence-corrected chi connectivity index (χ3v) is 2.49. The van der Waals surface area contributed by atoms with E-state index in [9.17, 15) is 4.79 Å². The maximum atomic E-state index is 10.2. The third kappa shape index (κ3) is 13.0. The number of carbonyl (C=O) groups is 1. The van der Waals surface area contributed by atoms with E-state index in [0.29, 0.717) is 6.42 Å². The van der Waals surface area contributed by atoms with E-state index < -0.39 is 5.97 Å². The highest BCUT2D eigenvalue weighted by atomic mass is 16.4. The quantitative estimate of drug-likeness (QED) is 0.475. The van der Waals surface area contributed by atoms with Crippen molar-refractivity contribution in [3.63, 3.8) is 0 Å². The summed E-state index contributed by atoms with van der Waals surface area (Å²) in [5.74, 6) is 5.17. The van der Waals surface area contributed by atoms with Gasteiger partial charge in [-0.2, -0.15) is 0 Å². The Morgan fingerprint density at radius 1 is 0.938 bits per heavy atom. The van der Waals surface area contributed by atoms with Crippen LogP contribution in [0.2, 0.25) is 0 Å². The standard InChI is InChI=1S/C14H24O2/c1-2-3-4-5-6-7-8-9-10-11-12-13-14(15)16/h2-9,12-13H2,1H3,(H,15,16). The molecule has 0 aromatic rings. The molecule has 0 saturated heterocycles. The zero-order valence-electron chi connectivity index (χ0n) is 10.4. The SMILES string of the molecule is CCCCCCCCCC#CCCC(=O)O. The zero-order chi connectivity index (χ0) is 12.1. The summed E-state index contributed by atoms with van der Waals surface area (Å²) in [7, 11) is 0. The van der Waals surface area contributed by atoms with Crippen molar-refractivity contribution >= 4 is 5.97 Å². The summed E-state index contributed by atoms with van der Waals surface area (Å²) in [4.78, 5) is 10.2. The number of hydrogen-bond donors (Lipinski definition) is 1. The van der Waals surface area contributed by atoms with Crippen molar-refractivity contribution in [1.82, 2.24) is 0 Å². The molecule has 0 saturated carbocycles. The predicted molar refractivity (Wildman–Crippen MR) is 67.3 cm³/mol. The molecule has 0 radical (unpaired) electrons. The fourth-order valence-corrected chi connectivity index (χ4v) is 1.52. The van der Waals surface area contributed by atoms with Gasteiger partial charge in [-0.3, -0.25) is 4.79 Å². The molecule has 0 aliphatic carbocycles. The van der Waals surface area contributed by atoms with Crippen molar-refractivity contribution < 1.29 is 9.90 Å². The molecule has 0 rings (SSSR count). The van der Waals surface area contributed by atoms with E-state index in [4.69, 9.17) is 5.11 Å². The van der Waals surface area contributed by atoms with E-state index in [-0.39, 0.29) is 6.42 Å². The van der Waals surface area contributed by atoms with Crippen LogP contribution in [0.25, 0.3) is 0 Å². The molecule has 0 unspecified atom stereocenters. The summed E-state index contributed by atoms with van der Waals surface area (Å²) in [6.07, 6.45) is 10.7. The average Bonchev–Trinajstić information content (AvgIpc) is 2.25. The Morgan fingerprint density at radius 2 is 1.50 bits per heavy atom. The molecule has 0 spiro atoms. The Morgan fingerprint density at radius 3 is 2.12 bits per heavy atom. The van der Waals surface area contributed by atoms with Gasteiger partial charge in [0.15, 0.2) is 0 Å². The lowest BCUT2D eigenvalue weighted by atomic mass is 10.1. The van der Waals surface area contributed by atoms with Gasteiger partial charge in [-0.1, -0.05) is 45.4 Å². The number of carboxylic acids is 1. The lowest BCUT2D eigenvalue weighted by molar-refractivity contribution is -0.136. The fraction of sp³-hybridized carbons (Fsp3) is 0.786. The summed E-state index contributed by atoms with van der Waals surface area (Å²) in [5.41, 5.74) is 0. The van der Waals surface area contributed by atoms with Gasteiger partial charge in [0.2, 0.25) is 0 Å². The minimum atomic E-state index is -0.759. The summed E-state index contributed by atoms with van der Waals surface area (Å²) < 4.78 is 0. The second kappa shape index (κ2) is 12.1. The van der Waals surface area contributed by atoms with Crippen molar-refractivity contribution in [1.29, 1.82) is 0 Å². The van der Waals surface area contributed by atoms with Crippen LogP contribution in [-0.2, 0) is 4.79 Å². The molecule has 2 heteroatoms. The molecule has 0 aromatic heterocycles. The van der Waals surface area contributed by atoms with Gasteiger partial charge in [-0.05, 0) is 6.42 Å². The Balaban J connectivity index is 3.11. The highest BCUT2D eigenvalue weighted by Gasteiger charge is 1.91. The van der Waals surface area contributed by atoms with E-state index in [2.05, 4.69) is 18.8 Å². The van der Waals surface area contributed by atoms with Crippen LogP contribution >= 0.6 is 0 Å². The normalized spacial score (nSPS) is 9.56. The van der Waals surface area contributed by atoms with Crippen LogP contribution in [0, 0.1) is 11.8 Å². The lowest BCUT2D eigenvalue weighted by Crippen LogP contribution is -1.91. The van der Waals surface area contributed by atoms with Gasteiger partial charge in [0, 0.05) is 12.8 Å². The van der Waals surface area contributed by atoms with Crippen molar-refractivity contribution in [3.05, 3.63) is 0 Å². The molecule has 0 bridgehead atoms. The van der Waals surface area contributed by atoms with Crippen LogP contribution in [-0.4, -0.2) is 11.1 Å². The number of unbranched alkanes of at least 4 members (excludes halogenated alkanes) is 7. The number of aliphatic carboxylic acids is 1. The van der Waals surface area contributed by atoms with Gasteiger partial charge in [0.25, 0.3) is 0 Å². The molecular weight excluding hydrogens is 200 g/mol. The Bertz CT molecular complexity index is 223. The van der Waals surface area contributed by atoms with Gasteiger partial charge in [-0.25, -0.2) is 0 Å². The van der Waals surface area contributed by atoms with Gasteiger partial charge in [0.05, 0.1) is 6.42 Å². The zero-order valence-corrected chi connectivity index (χ0v) is 10.4. The summed E-state index contributed by atoms with van der Waals surface area (Å²) in [5, 5.41) is 8.39. The van der Waals surface area contributed by atoms with E-state index >= 15 is 0 Å². The maximum Gasteiger partial charge on any atom is 0.304 e. The van der Waals surface area contributed by atoms with Gasteiger partial charge in [0.1, 0.15) is 0 Å². The second-order valence-electron chi connectivity index (χ2n) is 4.12. The van der Waals surface area contributed by atoms with Crippen LogP contribution in [0.3, 0.4) is 0 Å². The Labute approximate surface area is 99.4 Å². The Kier molecular flexibility index (Phi) is 11.4. The Hall–Kier alpha value is -0.970. The van der Waals surface area contributed by atoms with Crippen LogP contribution in [0.1, 0.15) is 71.1 Å². The predicted octanol–water partition coefficient (Wildman–Crippen LogP) is 4.00. The largest absolute Gasteiger partial charge is 0.481 e. The highest BCUT2D eigenvalue weighted by Crippen LogP contribution is 2.07. The van der Waals surface area contributed by atoms with Gasteiger partial charge >= 0.3 is 5.97 Å². The molecule has 0 aliphatic rings. The average molecular weight is 224 g/mol. The van der Waals surface area contributed by atoms with E-state index in [1.165, 1.54) is 38.5 Å². The van der Waals surface area contributed by atoms with Crippen LogP contribution in [0.5, 0.6) is 0 Å². The first-order valence-electron chi connectivity index (χ1n) is 6.45. The summed E-state index contributed by atoms with van der Waals surface area (Å²) >= 11 is 0. The summed E-state index contributed by atoms with van der Waals surface area (Å²) in [6, 6.07) is 0. The molecule has 0 aliphatic heterocycles. The molecule has 0 atom stereocenters. The highest BCUT2D eigenvalue weighted by molar-refractivity contribution is 5.66. The molecule has 0 amide bonds. The number of rotatable bonds is 9. The van der Waals surface area contributed by atoms with Crippen molar-refractivity contribution in [3.8, 4) is 11.8 Å². The van der Waals surface area contributed by atoms with Crippen LogP contribution in [0.15, 0.2) is 0 Å². The van der Waals surface area contributed by atoms with Crippen LogP contribution < -0.4 is 0 Å². The van der Waals surface area contributed by atoms with Crippen molar-refractivity contribution in [2.45, 2.75) is 71.1 Å². The van der Waals surface area contributed by atoms with Gasteiger partial charge < -0.3 is 5.11 Å². The molecule has 92 valence electrons. The molecule has 16 heavy (non-hydrogen) atoms. The molecular formula is C14H24O2.